The molecule has 4 rings (SSSR count). The summed E-state index contributed by atoms with van der Waals surface area (Å²) in [6.45, 7) is 3.94. The van der Waals surface area contributed by atoms with Crippen LogP contribution in [-0.2, 0) is 16.1 Å². The molecule has 3 heterocycles. The van der Waals surface area contributed by atoms with Gasteiger partial charge in [0.05, 0.1) is 17.8 Å². The molecule has 0 saturated carbocycles. The van der Waals surface area contributed by atoms with Crippen LogP contribution in [0.3, 0.4) is 0 Å². The van der Waals surface area contributed by atoms with Gasteiger partial charge in [0, 0.05) is 36.7 Å². The van der Waals surface area contributed by atoms with Gasteiger partial charge in [-0.25, -0.2) is 14.2 Å². The number of fused-ring (bicyclic) bond motifs is 1. The number of carbonyl (C=O) groups excluding carboxylic acids is 3. The van der Waals surface area contributed by atoms with Crippen LogP contribution in [0.25, 0.3) is 0 Å². The standard InChI is InChI=1S/C24H23FN4O4/c1-14-8-19(15(2)29(14)11-16-4-6-18(25)7-5-16)21(30)13-33-24(32)17-9-20-23(26-10-17)28(3)12-22(31)27-20/h4-10H,11-13H2,1-3H3,(H,27,31). The number of carbonyl (C=O) groups is 3. The smallest absolute Gasteiger partial charge is 0.340 e. The van der Waals surface area contributed by atoms with E-state index in [0.717, 1.165) is 17.0 Å². The van der Waals surface area contributed by atoms with E-state index in [0.29, 0.717) is 23.6 Å². The second-order valence-electron chi connectivity index (χ2n) is 8.00. The Kier molecular flexibility index (Phi) is 5.95. The van der Waals surface area contributed by atoms with Crippen LogP contribution >= 0.6 is 0 Å². The predicted molar refractivity (Wildman–Crippen MR) is 120 cm³/mol. The highest BCUT2D eigenvalue weighted by Gasteiger charge is 2.23. The summed E-state index contributed by atoms with van der Waals surface area (Å²) in [6.07, 6.45) is 1.36. The second kappa shape index (κ2) is 8.85. The molecule has 0 unspecified atom stereocenters. The SMILES string of the molecule is Cc1cc(C(=O)COC(=O)c2cnc3c(c2)NC(=O)CN3C)c(C)n1Cc1ccc(F)cc1. The summed E-state index contributed by atoms with van der Waals surface area (Å²) >= 11 is 0. The minimum atomic E-state index is -0.707. The molecule has 1 aliphatic heterocycles. The fourth-order valence-electron chi connectivity index (χ4n) is 3.84. The number of aryl methyl sites for hydroxylation is 1. The average Bonchev–Trinajstić information content (AvgIpc) is 3.06. The minimum absolute atomic E-state index is 0.138. The first kappa shape index (κ1) is 22.2. The van der Waals surface area contributed by atoms with Gasteiger partial charge >= 0.3 is 5.97 Å². The van der Waals surface area contributed by atoms with Crippen molar-refractivity contribution >= 4 is 29.2 Å². The number of nitrogens with one attached hydrogen (secondary N) is 1. The number of rotatable bonds is 6. The quantitative estimate of drug-likeness (QED) is 0.458. The topological polar surface area (TPSA) is 93.5 Å². The molecule has 1 aromatic carbocycles. The summed E-state index contributed by atoms with van der Waals surface area (Å²) in [5, 5.41) is 2.67. The molecule has 0 bridgehead atoms. The van der Waals surface area contributed by atoms with E-state index in [1.165, 1.54) is 24.4 Å². The molecule has 0 radical (unpaired) electrons. The van der Waals surface area contributed by atoms with Crippen molar-refractivity contribution in [3.63, 3.8) is 0 Å². The van der Waals surface area contributed by atoms with Crippen LogP contribution in [0.1, 0.15) is 37.7 Å². The number of amides is 1. The molecule has 2 aromatic heterocycles. The first-order chi connectivity index (χ1) is 15.7. The lowest BCUT2D eigenvalue weighted by molar-refractivity contribution is -0.115. The van der Waals surface area contributed by atoms with Crippen molar-refractivity contribution in [1.29, 1.82) is 0 Å². The number of hydrogen-bond acceptors (Lipinski definition) is 6. The van der Waals surface area contributed by atoms with Crippen LogP contribution in [0.4, 0.5) is 15.9 Å². The van der Waals surface area contributed by atoms with Gasteiger partial charge in [-0.1, -0.05) is 12.1 Å². The molecule has 8 nitrogen and oxygen atoms in total. The Hall–Kier alpha value is -4.01. The Morgan fingerprint density at radius 1 is 1.18 bits per heavy atom. The number of aromatic nitrogens is 2. The first-order valence-electron chi connectivity index (χ1n) is 10.4. The summed E-state index contributed by atoms with van der Waals surface area (Å²) in [6, 6.07) is 9.43. The third-order valence-electron chi connectivity index (χ3n) is 5.58. The lowest BCUT2D eigenvalue weighted by Gasteiger charge is -2.26. The molecule has 0 atom stereocenters. The van der Waals surface area contributed by atoms with Gasteiger partial charge in [-0.2, -0.15) is 0 Å². The molecule has 1 N–H and O–H groups in total. The molecular formula is C24H23FN4O4. The van der Waals surface area contributed by atoms with Crippen molar-refractivity contribution in [1.82, 2.24) is 9.55 Å². The lowest BCUT2D eigenvalue weighted by atomic mass is 10.1. The lowest BCUT2D eigenvalue weighted by Crippen LogP contribution is -2.36. The van der Waals surface area contributed by atoms with Gasteiger partial charge in [0.15, 0.2) is 12.4 Å². The fourth-order valence-corrected chi connectivity index (χ4v) is 3.84. The van der Waals surface area contributed by atoms with Gasteiger partial charge < -0.3 is 19.5 Å². The van der Waals surface area contributed by atoms with E-state index in [4.69, 9.17) is 4.74 Å². The number of ketones is 1. The zero-order chi connectivity index (χ0) is 23.7. The molecule has 1 aliphatic rings. The fraction of sp³-hybridized carbons (Fsp3) is 0.250. The number of benzene rings is 1. The Morgan fingerprint density at radius 3 is 2.64 bits per heavy atom. The number of likely N-dealkylation sites (N-methyl/N-ethyl adjacent to an activating group) is 1. The Balaban J connectivity index is 1.44. The number of hydrogen-bond donors (Lipinski definition) is 1. The molecule has 0 aliphatic carbocycles. The van der Waals surface area contributed by atoms with Gasteiger partial charge in [0.25, 0.3) is 0 Å². The molecule has 3 aromatic rings. The maximum Gasteiger partial charge on any atom is 0.340 e. The largest absolute Gasteiger partial charge is 0.454 e. The summed E-state index contributed by atoms with van der Waals surface area (Å²) in [7, 11) is 1.73. The Labute approximate surface area is 190 Å². The van der Waals surface area contributed by atoms with Crippen LogP contribution < -0.4 is 10.2 Å². The van der Waals surface area contributed by atoms with Crippen LogP contribution in [0.2, 0.25) is 0 Å². The van der Waals surface area contributed by atoms with Crippen LogP contribution in [-0.4, -0.2) is 47.4 Å². The Morgan fingerprint density at radius 2 is 1.91 bits per heavy atom. The van der Waals surface area contributed by atoms with E-state index in [2.05, 4.69) is 10.3 Å². The molecule has 33 heavy (non-hydrogen) atoms. The highest BCUT2D eigenvalue weighted by Crippen LogP contribution is 2.27. The van der Waals surface area contributed by atoms with Gasteiger partial charge in [0.2, 0.25) is 11.7 Å². The van der Waals surface area contributed by atoms with E-state index < -0.39 is 12.6 Å². The summed E-state index contributed by atoms with van der Waals surface area (Å²) in [5.74, 6) is -0.998. The van der Waals surface area contributed by atoms with Crippen LogP contribution in [0.5, 0.6) is 0 Å². The zero-order valence-corrected chi connectivity index (χ0v) is 18.5. The number of ether oxygens (including phenoxy) is 1. The van der Waals surface area contributed by atoms with Crippen LogP contribution in [0.15, 0.2) is 42.6 Å². The number of nitrogens with zero attached hydrogens (tertiary/aromatic N) is 3. The summed E-state index contributed by atoms with van der Waals surface area (Å²) in [5.41, 5.74) is 3.52. The van der Waals surface area contributed by atoms with Gasteiger partial charge in [-0.05, 0) is 43.7 Å². The number of esters is 1. The predicted octanol–water partition coefficient (Wildman–Crippen LogP) is 3.12. The average molecular weight is 450 g/mol. The third kappa shape index (κ3) is 4.62. The van der Waals surface area contributed by atoms with Gasteiger partial charge in [0.1, 0.15) is 5.82 Å². The molecule has 170 valence electrons. The highest BCUT2D eigenvalue weighted by atomic mass is 19.1. The molecule has 1 amide bonds. The molecule has 9 heteroatoms. The maximum atomic E-state index is 13.2. The highest BCUT2D eigenvalue weighted by molar-refractivity contribution is 6.03. The Bertz CT molecular complexity index is 1250. The normalized spacial score (nSPS) is 12.8. The van der Waals surface area contributed by atoms with E-state index in [9.17, 15) is 18.8 Å². The van der Waals surface area contributed by atoms with Crippen LogP contribution in [0, 0.1) is 19.7 Å². The van der Waals surface area contributed by atoms with E-state index in [-0.39, 0.29) is 29.6 Å². The maximum absolute atomic E-state index is 13.2. The van der Waals surface area contributed by atoms with Gasteiger partial charge in [-0.3, -0.25) is 9.59 Å². The molecule has 0 fully saturated rings. The minimum Gasteiger partial charge on any atom is -0.454 e. The number of pyridine rings is 1. The third-order valence-corrected chi connectivity index (χ3v) is 5.58. The molecular weight excluding hydrogens is 427 g/mol. The van der Waals surface area contributed by atoms with Crippen molar-refractivity contribution in [2.24, 2.45) is 0 Å². The number of halogens is 1. The monoisotopic (exact) mass is 450 g/mol. The first-order valence-corrected chi connectivity index (χ1v) is 10.4. The van der Waals surface area contributed by atoms with E-state index in [1.54, 1.807) is 30.1 Å². The molecule has 0 saturated heterocycles. The van der Waals surface area contributed by atoms with E-state index >= 15 is 0 Å². The summed E-state index contributed by atoms with van der Waals surface area (Å²) in [4.78, 5) is 42.9. The zero-order valence-electron chi connectivity index (χ0n) is 18.5. The number of Topliss-reactive ketones (excluding diaryl/α,β-unsaturated/α-hetero) is 1. The second-order valence-corrected chi connectivity index (χ2v) is 8.00. The van der Waals surface area contributed by atoms with Crippen molar-refractivity contribution in [2.75, 3.05) is 30.4 Å². The number of anilines is 2. The van der Waals surface area contributed by atoms with Crippen molar-refractivity contribution < 1.29 is 23.5 Å². The summed E-state index contributed by atoms with van der Waals surface area (Å²) < 4.78 is 20.3. The van der Waals surface area contributed by atoms with Crippen molar-refractivity contribution in [2.45, 2.75) is 20.4 Å². The van der Waals surface area contributed by atoms with E-state index in [1.807, 2.05) is 18.4 Å². The van der Waals surface area contributed by atoms with Gasteiger partial charge in [-0.15, -0.1) is 0 Å². The molecule has 0 spiro atoms. The van der Waals surface area contributed by atoms with Crippen molar-refractivity contribution in [3.8, 4) is 0 Å². The van der Waals surface area contributed by atoms with Crippen molar-refractivity contribution in [3.05, 3.63) is 76.5 Å².